The highest BCUT2D eigenvalue weighted by atomic mass is 35.5. The highest BCUT2D eigenvalue weighted by molar-refractivity contribution is 7.87. The summed E-state index contributed by atoms with van der Waals surface area (Å²) >= 11 is 5.60. The third-order valence-electron chi connectivity index (χ3n) is 2.01. The summed E-state index contributed by atoms with van der Waals surface area (Å²) in [5.74, 6) is 0. The van der Waals surface area contributed by atoms with Crippen molar-refractivity contribution in [3.05, 3.63) is 34.9 Å². The molecular weight excluding hydrogens is 293 g/mol. The minimum Gasteiger partial charge on any atom is -0.216 e. The Kier molecular flexibility index (Phi) is 4.60. The monoisotopic (exact) mass is 302 g/mol. The number of benzene rings is 1. The molecule has 0 aromatic heterocycles. The maximum Gasteiger partial charge on any atom is 0.390 e. The van der Waals surface area contributed by atoms with E-state index in [0.717, 1.165) is 0 Å². The Bertz CT molecular complexity index is 502. The second-order valence-electron chi connectivity index (χ2n) is 3.59. The van der Waals surface area contributed by atoms with Crippen LogP contribution in [-0.2, 0) is 10.2 Å². The van der Waals surface area contributed by atoms with Crippen LogP contribution in [0, 0.1) is 0 Å². The molecule has 1 atom stereocenters. The Hall–Kier alpha value is -0.830. The van der Waals surface area contributed by atoms with Gasteiger partial charge in [-0.1, -0.05) is 23.7 Å². The Balaban J connectivity index is 3.00. The highest BCUT2D eigenvalue weighted by Gasteiger charge is 2.34. The lowest BCUT2D eigenvalue weighted by atomic mass is 10.0. The number of nitrogens with one attached hydrogen (secondary N) is 1. The minimum atomic E-state index is -4.53. The lowest BCUT2D eigenvalue weighted by molar-refractivity contribution is -0.139. The number of alkyl halides is 3. The van der Waals surface area contributed by atoms with Gasteiger partial charge in [0.1, 0.15) is 0 Å². The molecule has 0 aliphatic rings. The van der Waals surface area contributed by atoms with E-state index < -0.39 is 28.8 Å². The number of hydrogen-bond acceptors (Lipinski definition) is 2. The van der Waals surface area contributed by atoms with E-state index in [1.807, 2.05) is 0 Å². The molecule has 0 unspecified atom stereocenters. The van der Waals surface area contributed by atoms with Gasteiger partial charge in [-0.25, -0.2) is 5.14 Å². The number of hydrogen-bond donors (Lipinski definition) is 2. The predicted octanol–water partition coefficient (Wildman–Crippen LogP) is 2.13. The first-order valence-electron chi connectivity index (χ1n) is 4.69. The standard InChI is InChI=1S/C9H10ClF3N2O2S/c10-7-3-1-6(2-4-7)8(5-9(11,12)13)15-18(14,16)17/h1-4,8,15H,5H2,(H2,14,16,17)/t8-/m0/s1. The quantitative estimate of drug-likeness (QED) is 0.894. The molecule has 0 heterocycles. The van der Waals surface area contributed by atoms with Gasteiger partial charge in [-0.05, 0) is 17.7 Å². The summed E-state index contributed by atoms with van der Waals surface area (Å²) in [5.41, 5.74) is 0.130. The second-order valence-corrected chi connectivity index (χ2v) is 5.35. The zero-order valence-electron chi connectivity index (χ0n) is 8.91. The Morgan fingerprint density at radius 2 is 1.78 bits per heavy atom. The van der Waals surface area contributed by atoms with Crippen molar-refractivity contribution in [3.8, 4) is 0 Å². The maximum absolute atomic E-state index is 12.3. The van der Waals surface area contributed by atoms with Crippen LogP contribution in [0.2, 0.25) is 5.02 Å². The summed E-state index contributed by atoms with van der Waals surface area (Å²) in [6.07, 6.45) is -5.88. The van der Waals surface area contributed by atoms with Gasteiger partial charge in [0.15, 0.2) is 0 Å². The lowest BCUT2D eigenvalue weighted by Crippen LogP contribution is -2.36. The first kappa shape index (κ1) is 15.2. The van der Waals surface area contributed by atoms with Crippen molar-refractivity contribution in [2.24, 2.45) is 5.14 Å². The smallest absolute Gasteiger partial charge is 0.216 e. The van der Waals surface area contributed by atoms with Gasteiger partial charge in [0.25, 0.3) is 10.2 Å². The van der Waals surface area contributed by atoms with E-state index in [2.05, 4.69) is 0 Å². The van der Waals surface area contributed by atoms with Crippen LogP contribution in [-0.4, -0.2) is 14.6 Å². The average Bonchev–Trinajstić information content (AvgIpc) is 2.13. The zero-order valence-corrected chi connectivity index (χ0v) is 10.5. The Morgan fingerprint density at radius 1 is 1.28 bits per heavy atom. The first-order valence-corrected chi connectivity index (χ1v) is 6.61. The second kappa shape index (κ2) is 5.43. The fourth-order valence-corrected chi connectivity index (χ4v) is 2.09. The molecule has 0 saturated heterocycles. The molecule has 18 heavy (non-hydrogen) atoms. The van der Waals surface area contributed by atoms with Crippen LogP contribution in [0.15, 0.2) is 24.3 Å². The third kappa shape index (κ3) is 5.67. The molecule has 1 aromatic rings. The van der Waals surface area contributed by atoms with Crippen LogP contribution in [0.3, 0.4) is 0 Å². The minimum absolute atomic E-state index is 0.130. The molecule has 0 radical (unpaired) electrons. The van der Waals surface area contributed by atoms with Crippen LogP contribution in [0.4, 0.5) is 13.2 Å². The molecule has 3 N–H and O–H groups in total. The number of halogens is 4. The van der Waals surface area contributed by atoms with Crippen LogP contribution in [0.5, 0.6) is 0 Å². The molecule has 0 amide bonds. The van der Waals surface area contributed by atoms with Crippen molar-refractivity contribution in [2.45, 2.75) is 18.6 Å². The summed E-state index contributed by atoms with van der Waals surface area (Å²) < 4.78 is 60.4. The van der Waals surface area contributed by atoms with E-state index in [9.17, 15) is 21.6 Å². The molecule has 0 saturated carbocycles. The molecule has 0 aliphatic heterocycles. The molecule has 0 spiro atoms. The SMILES string of the molecule is NS(=O)(=O)N[C@@H](CC(F)(F)F)c1ccc(Cl)cc1. The molecule has 0 bridgehead atoms. The van der Waals surface area contributed by atoms with Crippen LogP contribution in [0.1, 0.15) is 18.0 Å². The Labute approximate surface area is 107 Å². The molecule has 102 valence electrons. The van der Waals surface area contributed by atoms with E-state index in [4.69, 9.17) is 16.7 Å². The molecule has 9 heteroatoms. The van der Waals surface area contributed by atoms with Gasteiger partial charge >= 0.3 is 6.18 Å². The van der Waals surface area contributed by atoms with E-state index in [1.54, 1.807) is 4.72 Å². The van der Waals surface area contributed by atoms with Crippen molar-refractivity contribution < 1.29 is 21.6 Å². The number of rotatable bonds is 4. The van der Waals surface area contributed by atoms with Gasteiger partial charge < -0.3 is 0 Å². The molecule has 0 fully saturated rings. The van der Waals surface area contributed by atoms with E-state index in [1.165, 1.54) is 24.3 Å². The summed E-state index contributed by atoms with van der Waals surface area (Å²) in [4.78, 5) is 0. The van der Waals surface area contributed by atoms with Crippen molar-refractivity contribution in [3.63, 3.8) is 0 Å². The molecular formula is C9H10ClF3N2O2S. The van der Waals surface area contributed by atoms with Crippen molar-refractivity contribution in [1.82, 2.24) is 4.72 Å². The van der Waals surface area contributed by atoms with Gasteiger partial charge in [0, 0.05) is 5.02 Å². The van der Waals surface area contributed by atoms with Gasteiger partial charge in [-0.2, -0.15) is 26.3 Å². The summed E-state index contributed by atoms with van der Waals surface area (Å²) in [5, 5.41) is 5.02. The van der Waals surface area contributed by atoms with Gasteiger partial charge in [-0.15, -0.1) is 0 Å². The van der Waals surface area contributed by atoms with Crippen LogP contribution < -0.4 is 9.86 Å². The van der Waals surface area contributed by atoms with Crippen LogP contribution >= 0.6 is 11.6 Å². The van der Waals surface area contributed by atoms with Gasteiger partial charge in [-0.3, -0.25) is 0 Å². The third-order valence-corrected chi connectivity index (χ3v) is 2.88. The number of nitrogens with two attached hydrogens (primary N) is 1. The van der Waals surface area contributed by atoms with E-state index in [0.29, 0.717) is 5.02 Å². The summed E-state index contributed by atoms with van der Waals surface area (Å²) in [6.45, 7) is 0. The highest BCUT2D eigenvalue weighted by Crippen LogP contribution is 2.30. The maximum atomic E-state index is 12.3. The van der Waals surface area contributed by atoms with Gasteiger partial charge in [0.2, 0.25) is 0 Å². The predicted molar refractivity (Wildman–Crippen MR) is 61.1 cm³/mol. The molecule has 4 nitrogen and oxygen atoms in total. The first-order chi connectivity index (χ1) is 8.07. The summed E-state index contributed by atoms with van der Waals surface area (Å²) in [7, 11) is -4.24. The van der Waals surface area contributed by atoms with Crippen LogP contribution in [0.25, 0.3) is 0 Å². The van der Waals surface area contributed by atoms with E-state index >= 15 is 0 Å². The van der Waals surface area contributed by atoms with Crippen molar-refractivity contribution in [2.75, 3.05) is 0 Å². The Morgan fingerprint density at radius 3 is 2.17 bits per heavy atom. The largest absolute Gasteiger partial charge is 0.390 e. The fraction of sp³-hybridized carbons (Fsp3) is 0.333. The molecule has 1 aromatic carbocycles. The van der Waals surface area contributed by atoms with Crippen molar-refractivity contribution >= 4 is 21.8 Å². The lowest BCUT2D eigenvalue weighted by Gasteiger charge is -2.19. The molecule has 0 aliphatic carbocycles. The zero-order chi connectivity index (χ0) is 14.0. The fourth-order valence-electron chi connectivity index (χ4n) is 1.35. The van der Waals surface area contributed by atoms with Crippen molar-refractivity contribution in [1.29, 1.82) is 0 Å². The van der Waals surface area contributed by atoms with Gasteiger partial charge in [0.05, 0.1) is 12.5 Å². The summed E-state index contributed by atoms with van der Waals surface area (Å²) in [6, 6.07) is 3.86. The average molecular weight is 303 g/mol. The normalized spacial score (nSPS) is 14.5. The molecule has 1 rings (SSSR count). The topological polar surface area (TPSA) is 72.2 Å². The van der Waals surface area contributed by atoms with E-state index in [-0.39, 0.29) is 5.56 Å².